The molecular formula is C25H33N3O3. The Morgan fingerprint density at radius 1 is 1.00 bits per heavy atom. The van der Waals surface area contributed by atoms with Gasteiger partial charge in [-0.25, -0.2) is 4.79 Å². The van der Waals surface area contributed by atoms with Gasteiger partial charge in [0.2, 0.25) is 5.91 Å². The third-order valence-electron chi connectivity index (χ3n) is 5.78. The summed E-state index contributed by atoms with van der Waals surface area (Å²) in [4.78, 5) is 33.0. The van der Waals surface area contributed by atoms with Crippen molar-refractivity contribution in [1.29, 1.82) is 0 Å². The van der Waals surface area contributed by atoms with Gasteiger partial charge in [0.1, 0.15) is 0 Å². The highest BCUT2D eigenvalue weighted by Crippen LogP contribution is 2.27. The smallest absolute Gasteiger partial charge is 0.335 e. The molecule has 1 aliphatic heterocycles. The Labute approximate surface area is 184 Å². The van der Waals surface area contributed by atoms with E-state index in [1.165, 1.54) is 5.56 Å². The van der Waals surface area contributed by atoms with E-state index in [-0.39, 0.29) is 17.4 Å². The summed E-state index contributed by atoms with van der Waals surface area (Å²) in [7, 11) is 0. The molecular weight excluding hydrogens is 390 g/mol. The molecule has 1 N–H and O–H groups in total. The third kappa shape index (κ3) is 6.37. The van der Waals surface area contributed by atoms with Crippen LogP contribution in [-0.2, 0) is 17.9 Å². The zero-order chi connectivity index (χ0) is 22.2. The fraction of sp³-hybridized carbons (Fsp3) is 0.480. The van der Waals surface area contributed by atoms with Crippen LogP contribution in [0.5, 0.6) is 0 Å². The summed E-state index contributed by atoms with van der Waals surface area (Å²) in [6.07, 6.45) is 9.07. The van der Waals surface area contributed by atoms with E-state index in [0.29, 0.717) is 13.1 Å². The lowest BCUT2D eigenvalue weighted by Crippen LogP contribution is -2.37. The standard InChI is InChI=1S/C25H33N3O3/c1-19(2)24(29)28-15-7-5-3-4-6-14-27(17-20-10-12-26-13-11-20)18-22-16-21(25(30)31)8-9-23(22)28/h8-13,16,19H,3-7,14-15,17-18H2,1-2H3,(H,30,31). The highest BCUT2D eigenvalue weighted by molar-refractivity contribution is 5.96. The van der Waals surface area contributed by atoms with E-state index in [0.717, 1.165) is 56.4 Å². The number of carboxylic acids is 1. The first-order valence-corrected chi connectivity index (χ1v) is 11.2. The molecule has 166 valence electrons. The lowest BCUT2D eigenvalue weighted by atomic mass is 10.0. The second-order valence-electron chi connectivity index (χ2n) is 8.63. The number of carbonyl (C=O) groups is 2. The average molecular weight is 424 g/mol. The lowest BCUT2D eigenvalue weighted by molar-refractivity contribution is -0.121. The molecule has 0 unspecified atom stereocenters. The van der Waals surface area contributed by atoms with Crippen molar-refractivity contribution in [2.75, 3.05) is 18.0 Å². The van der Waals surface area contributed by atoms with Crippen LogP contribution in [0.25, 0.3) is 0 Å². The number of nitrogens with zero attached hydrogens (tertiary/aromatic N) is 3. The number of anilines is 1. The molecule has 0 spiro atoms. The summed E-state index contributed by atoms with van der Waals surface area (Å²) in [6.45, 7) is 6.79. The minimum atomic E-state index is -0.948. The van der Waals surface area contributed by atoms with Gasteiger partial charge in [0, 0.05) is 43.6 Å². The summed E-state index contributed by atoms with van der Waals surface area (Å²) in [6, 6.07) is 9.19. The molecule has 6 heteroatoms. The molecule has 2 heterocycles. The minimum absolute atomic E-state index is 0.0852. The molecule has 0 saturated heterocycles. The van der Waals surface area contributed by atoms with Gasteiger partial charge in [-0.05, 0) is 60.8 Å². The van der Waals surface area contributed by atoms with Gasteiger partial charge in [-0.1, -0.05) is 33.1 Å². The van der Waals surface area contributed by atoms with Crippen molar-refractivity contribution in [3.05, 3.63) is 59.4 Å². The summed E-state index contributed by atoms with van der Waals surface area (Å²) < 4.78 is 0. The van der Waals surface area contributed by atoms with E-state index in [4.69, 9.17) is 0 Å². The maximum Gasteiger partial charge on any atom is 0.335 e. The Kier molecular flexibility index (Phi) is 8.18. The maximum atomic E-state index is 13.1. The van der Waals surface area contributed by atoms with Crippen LogP contribution in [0, 0.1) is 5.92 Å². The van der Waals surface area contributed by atoms with Crippen LogP contribution in [0.3, 0.4) is 0 Å². The van der Waals surface area contributed by atoms with Gasteiger partial charge in [-0.3, -0.25) is 14.7 Å². The van der Waals surface area contributed by atoms with Gasteiger partial charge in [0.25, 0.3) is 0 Å². The molecule has 2 aromatic rings. The molecule has 31 heavy (non-hydrogen) atoms. The molecule has 0 bridgehead atoms. The molecule has 0 fully saturated rings. The van der Waals surface area contributed by atoms with Gasteiger partial charge >= 0.3 is 5.97 Å². The summed E-state index contributed by atoms with van der Waals surface area (Å²) in [5, 5.41) is 9.56. The Bertz CT molecular complexity index is 883. The van der Waals surface area contributed by atoms with Crippen molar-refractivity contribution in [3.63, 3.8) is 0 Å². The molecule has 1 aliphatic rings. The Balaban J connectivity index is 2.00. The van der Waals surface area contributed by atoms with E-state index in [1.54, 1.807) is 24.5 Å². The van der Waals surface area contributed by atoms with Crippen LogP contribution >= 0.6 is 0 Å². The van der Waals surface area contributed by atoms with Gasteiger partial charge in [0.15, 0.2) is 0 Å². The second-order valence-corrected chi connectivity index (χ2v) is 8.63. The van der Waals surface area contributed by atoms with E-state index in [2.05, 4.69) is 9.88 Å². The summed E-state index contributed by atoms with van der Waals surface area (Å²) in [5.74, 6) is -0.980. The zero-order valence-corrected chi connectivity index (χ0v) is 18.6. The van der Waals surface area contributed by atoms with E-state index in [9.17, 15) is 14.7 Å². The Morgan fingerprint density at radius 3 is 2.35 bits per heavy atom. The van der Waals surface area contributed by atoms with E-state index in [1.807, 2.05) is 36.9 Å². The molecule has 1 amide bonds. The fourth-order valence-electron chi connectivity index (χ4n) is 4.11. The minimum Gasteiger partial charge on any atom is -0.478 e. The summed E-state index contributed by atoms with van der Waals surface area (Å²) >= 11 is 0. The van der Waals surface area contributed by atoms with Gasteiger partial charge < -0.3 is 10.0 Å². The fourth-order valence-corrected chi connectivity index (χ4v) is 4.11. The first-order valence-electron chi connectivity index (χ1n) is 11.2. The van der Waals surface area contributed by atoms with Crippen LogP contribution in [0.2, 0.25) is 0 Å². The van der Waals surface area contributed by atoms with Gasteiger partial charge in [-0.15, -0.1) is 0 Å². The topological polar surface area (TPSA) is 73.7 Å². The number of carbonyl (C=O) groups excluding carboxylic acids is 1. The SMILES string of the molecule is CC(C)C(=O)N1CCCCCCCN(Cc2ccncc2)Cc2cc(C(=O)O)ccc21. The molecule has 6 nitrogen and oxygen atoms in total. The quantitative estimate of drug-likeness (QED) is 0.769. The zero-order valence-electron chi connectivity index (χ0n) is 18.6. The largest absolute Gasteiger partial charge is 0.478 e. The molecule has 0 radical (unpaired) electrons. The van der Waals surface area contributed by atoms with Gasteiger partial charge in [-0.2, -0.15) is 0 Å². The third-order valence-corrected chi connectivity index (χ3v) is 5.78. The van der Waals surface area contributed by atoms with Gasteiger partial charge in [0.05, 0.1) is 5.56 Å². The number of aromatic carboxylic acids is 1. The van der Waals surface area contributed by atoms with Crippen LogP contribution in [0.1, 0.15) is 67.4 Å². The van der Waals surface area contributed by atoms with Crippen LogP contribution in [0.15, 0.2) is 42.7 Å². The first kappa shape index (κ1) is 22.9. The number of amides is 1. The number of rotatable bonds is 4. The van der Waals surface area contributed by atoms with Crippen molar-refractivity contribution >= 4 is 17.6 Å². The van der Waals surface area contributed by atoms with Crippen LogP contribution in [-0.4, -0.2) is 40.0 Å². The highest BCUT2D eigenvalue weighted by Gasteiger charge is 2.23. The monoisotopic (exact) mass is 423 g/mol. The van der Waals surface area contributed by atoms with Crippen molar-refractivity contribution in [2.45, 2.75) is 59.0 Å². The Morgan fingerprint density at radius 2 is 1.68 bits per heavy atom. The molecule has 0 aliphatic carbocycles. The maximum absolute atomic E-state index is 13.1. The molecule has 0 saturated carbocycles. The Hall–Kier alpha value is -2.73. The number of pyridine rings is 1. The number of hydrogen-bond acceptors (Lipinski definition) is 4. The van der Waals surface area contributed by atoms with Crippen molar-refractivity contribution in [2.24, 2.45) is 5.92 Å². The first-order chi connectivity index (χ1) is 15.0. The van der Waals surface area contributed by atoms with E-state index >= 15 is 0 Å². The van der Waals surface area contributed by atoms with Crippen molar-refractivity contribution in [1.82, 2.24) is 9.88 Å². The molecule has 1 aromatic carbocycles. The predicted molar refractivity (Wildman–Crippen MR) is 122 cm³/mol. The number of aromatic nitrogens is 1. The number of carboxylic acid groups (broad SMARTS) is 1. The molecule has 3 rings (SSSR count). The highest BCUT2D eigenvalue weighted by atomic mass is 16.4. The molecule has 0 atom stereocenters. The average Bonchev–Trinajstić information content (AvgIpc) is 2.75. The van der Waals surface area contributed by atoms with Crippen LogP contribution in [0.4, 0.5) is 5.69 Å². The second kappa shape index (κ2) is 11.0. The number of benzene rings is 1. The van der Waals surface area contributed by atoms with Crippen molar-refractivity contribution in [3.8, 4) is 0 Å². The normalized spacial score (nSPS) is 16.3. The van der Waals surface area contributed by atoms with Crippen LogP contribution < -0.4 is 4.90 Å². The molecule has 1 aromatic heterocycles. The predicted octanol–water partition coefficient (Wildman–Crippen LogP) is 4.74. The van der Waals surface area contributed by atoms with E-state index < -0.39 is 5.97 Å². The summed E-state index contributed by atoms with van der Waals surface area (Å²) in [5.41, 5.74) is 3.16. The van der Waals surface area contributed by atoms with Crippen molar-refractivity contribution < 1.29 is 14.7 Å². The number of hydrogen-bond donors (Lipinski definition) is 1. The lowest BCUT2D eigenvalue weighted by Gasteiger charge is -2.30. The number of fused-ring (bicyclic) bond motifs is 1.